The van der Waals surface area contributed by atoms with E-state index in [2.05, 4.69) is 0 Å². The molecule has 0 saturated heterocycles. The van der Waals surface area contributed by atoms with Gasteiger partial charge in [-0.05, 0) is 54.6 Å². The number of carbonyl (C=O) groups excluding carboxylic acids is 3. The van der Waals surface area contributed by atoms with Gasteiger partial charge in [0.1, 0.15) is 11.5 Å². The second-order valence-corrected chi connectivity index (χ2v) is 7.17. The van der Waals surface area contributed by atoms with Crippen LogP contribution in [0.3, 0.4) is 0 Å². The fourth-order valence-electron chi connectivity index (χ4n) is 2.98. The number of esters is 1. The summed E-state index contributed by atoms with van der Waals surface area (Å²) in [5, 5.41) is 0.730. The van der Waals surface area contributed by atoms with Gasteiger partial charge >= 0.3 is 5.97 Å². The first-order valence-electron chi connectivity index (χ1n) is 8.80. The molecule has 0 aliphatic carbocycles. The molecule has 0 aromatic heterocycles. The molecule has 4 rings (SSSR count). The maximum atomic E-state index is 12.5. The van der Waals surface area contributed by atoms with E-state index in [1.165, 1.54) is 30.3 Å². The Kier molecular flexibility index (Phi) is 5.44. The van der Waals surface area contributed by atoms with Gasteiger partial charge in [-0.2, -0.15) is 0 Å². The number of fused-ring (bicyclic) bond motifs is 1. The zero-order valence-corrected chi connectivity index (χ0v) is 16.8. The second kappa shape index (κ2) is 8.18. The van der Waals surface area contributed by atoms with Gasteiger partial charge in [0.25, 0.3) is 11.8 Å². The molecule has 0 N–H and O–H groups in total. The lowest BCUT2D eigenvalue weighted by molar-refractivity contribution is -0.136. The summed E-state index contributed by atoms with van der Waals surface area (Å²) < 4.78 is 10.5. The first-order chi connectivity index (χ1) is 14.4. The van der Waals surface area contributed by atoms with Gasteiger partial charge in [0.05, 0.1) is 21.8 Å². The van der Waals surface area contributed by atoms with Crippen molar-refractivity contribution in [3.05, 3.63) is 87.9 Å². The van der Waals surface area contributed by atoms with Gasteiger partial charge in [0.15, 0.2) is 6.61 Å². The third-order valence-electron chi connectivity index (χ3n) is 4.36. The second-order valence-electron chi connectivity index (χ2n) is 6.32. The number of ether oxygens (including phenoxy) is 2. The Hall–Kier alpha value is -3.35. The van der Waals surface area contributed by atoms with E-state index in [0.29, 0.717) is 27.6 Å². The molecule has 0 radical (unpaired) electrons. The van der Waals surface area contributed by atoms with E-state index in [-0.39, 0.29) is 17.4 Å². The quantitative estimate of drug-likeness (QED) is 0.323. The van der Waals surface area contributed by atoms with Gasteiger partial charge in [-0.15, -0.1) is 0 Å². The predicted octanol–water partition coefficient (Wildman–Crippen LogP) is 4.78. The molecule has 3 aromatic carbocycles. The van der Waals surface area contributed by atoms with Gasteiger partial charge in [-0.25, -0.2) is 9.69 Å². The van der Waals surface area contributed by atoms with E-state index < -0.39 is 17.8 Å². The first-order valence-corrected chi connectivity index (χ1v) is 9.56. The van der Waals surface area contributed by atoms with Gasteiger partial charge in [0.2, 0.25) is 0 Å². The standard InChI is InChI=1S/C22H13Cl2NO5/c23-13-5-10-19(18(24)11-13)29-12-20(26)30-15-8-6-14(7-9-15)25-21(27)16-3-1-2-4-17(16)22(25)28/h1-11H,12H2. The van der Waals surface area contributed by atoms with Crippen molar-refractivity contribution in [3.63, 3.8) is 0 Å². The summed E-state index contributed by atoms with van der Waals surface area (Å²) in [5.74, 6) is -0.887. The van der Waals surface area contributed by atoms with Crippen LogP contribution in [0.25, 0.3) is 0 Å². The summed E-state index contributed by atoms with van der Waals surface area (Å²) in [4.78, 5) is 38.2. The highest BCUT2D eigenvalue weighted by molar-refractivity contribution is 6.35. The van der Waals surface area contributed by atoms with Crippen LogP contribution in [0.4, 0.5) is 5.69 Å². The molecule has 1 aliphatic rings. The highest BCUT2D eigenvalue weighted by Gasteiger charge is 2.36. The Morgan fingerprint density at radius 3 is 2.10 bits per heavy atom. The fraction of sp³-hybridized carbons (Fsp3) is 0.0455. The molecular weight excluding hydrogens is 429 g/mol. The van der Waals surface area contributed by atoms with Crippen LogP contribution in [-0.4, -0.2) is 24.4 Å². The van der Waals surface area contributed by atoms with Gasteiger partial charge < -0.3 is 9.47 Å². The minimum Gasteiger partial charge on any atom is -0.480 e. The van der Waals surface area contributed by atoms with Crippen molar-refractivity contribution in [3.8, 4) is 11.5 Å². The van der Waals surface area contributed by atoms with Crippen LogP contribution >= 0.6 is 23.2 Å². The van der Waals surface area contributed by atoms with Crippen molar-refractivity contribution >= 4 is 46.7 Å². The van der Waals surface area contributed by atoms with Crippen molar-refractivity contribution in [1.82, 2.24) is 0 Å². The fourth-order valence-corrected chi connectivity index (χ4v) is 3.44. The zero-order valence-electron chi connectivity index (χ0n) is 15.3. The largest absolute Gasteiger partial charge is 0.480 e. The van der Waals surface area contributed by atoms with Crippen molar-refractivity contribution in [2.75, 3.05) is 11.5 Å². The molecule has 30 heavy (non-hydrogen) atoms. The summed E-state index contributed by atoms with van der Waals surface area (Å²) in [6.07, 6.45) is 0. The Balaban J connectivity index is 1.40. The highest BCUT2D eigenvalue weighted by atomic mass is 35.5. The summed E-state index contributed by atoms with van der Waals surface area (Å²) in [5.41, 5.74) is 1.09. The average molecular weight is 442 g/mol. The van der Waals surface area contributed by atoms with E-state index in [0.717, 1.165) is 4.90 Å². The van der Waals surface area contributed by atoms with E-state index in [4.69, 9.17) is 32.7 Å². The van der Waals surface area contributed by atoms with Gasteiger partial charge in [0, 0.05) is 5.02 Å². The number of rotatable bonds is 5. The van der Waals surface area contributed by atoms with Crippen LogP contribution in [0.1, 0.15) is 20.7 Å². The van der Waals surface area contributed by atoms with Crippen LogP contribution in [0.15, 0.2) is 66.7 Å². The van der Waals surface area contributed by atoms with E-state index in [1.807, 2.05) is 0 Å². The van der Waals surface area contributed by atoms with E-state index >= 15 is 0 Å². The molecule has 6 nitrogen and oxygen atoms in total. The molecule has 0 spiro atoms. The summed E-state index contributed by atoms with van der Waals surface area (Å²) >= 11 is 11.8. The van der Waals surface area contributed by atoms with Gasteiger partial charge in [-0.1, -0.05) is 35.3 Å². The number of hydrogen-bond donors (Lipinski definition) is 0. The SMILES string of the molecule is O=C(COc1ccc(Cl)cc1Cl)Oc1ccc(N2C(=O)c3ccccc3C2=O)cc1. The van der Waals surface area contributed by atoms with Crippen LogP contribution in [0.5, 0.6) is 11.5 Å². The number of imide groups is 1. The Bertz CT molecular complexity index is 1130. The number of benzene rings is 3. The van der Waals surface area contributed by atoms with Crippen molar-refractivity contribution in [2.45, 2.75) is 0 Å². The molecule has 0 fully saturated rings. The van der Waals surface area contributed by atoms with Crippen LogP contribution < -0.4 is 14.4 Å². The number of halogens is 2. The predicted molar refractivity (Wildman–Crippen MR) is 112 cm³/mol. The minimum absolute atomic E-state index is 0.242. The van der Waals surface area contributed by atoms with Crippen molar-refractivity contribution in [2.24, 2.45) is 0 Å². The maximum absolute atomic E-state index is 12.5. The van der Waals surface area contributed by atoms with Crippen LogP contribution in [0.2, 0.25) is 10.0 Å². The summed E-state index contributed by atoms with van der Waals surface area (Å²) in [6, 6.07) is 17.3. The topological polar surface area (TPSA) is 72.9 Å². The average Bonchev–Trinajstić information content (AvgIpc) is 2.99. The van der Waals surface area contributed by atoms with Crippen LogP contribution in [0, 0.1) is 0 Å². The highest BCUT2D eigenvalue weighted by Crippen LogP contribution is 2.30. The Morgan fingerprint density at radius 2 is 1.50 bits per heavy atom. The lowest BCUT2D eigenvalue weighted by atomic mass is 10.1. The lowest BCUT2D eigenvalue weighted by Crippen LogP contribution is -2.29. The molecule has 1 heterocycles. The number of nitrogens with zero attached hydrogens (tertiary/aromatic N) is 1. The maximum Gasteiger partial charge on any atom is 0.349 e. The number of hydrogen-bond acceptors (Lipinski definition) is 5. The summed E-state index contributed by atoms with van der Waals surface area (Å²) in [6.45, 7) is -0.360. The Labute approximate surface area is 181 Å². The number of anilines is 1. The van der Waals surface area contributed by atoms with Crippen LogP contribution in [-0.2, 0) is 4.79 Å². The zero-order chi connectivity index (χ0) is 21.3. The third kappa shape index (κ3) is 3.87. The van der Waals surface area contributed by atoms with E-state index in [1.54, 1.807) is 36.4 Å². The lowest BCUT2D eigenvalue weighted by Gasteiger charge is -2.14. The molecule has 0 unspecified atom stereocenters. The molecule has 0 saturated carbocycles. The van der Waals surface area contributed by atoms with Crippen molar-refractivity contribution < 1.29 is 23.9 Å². The molecule has 150 valence electrons. The molecule has 0 bridgehead atoms. The smallest absolute Gasteiger partial charge is 0.349 e. The summed E-state index contributed by atoms with van der Waals surface area (Å²) in [7, 11) is 0. The normalized spacial score (nSPS) is 12.7. The Morgan fingerprint density at radius 1 is 0.867 bits per heavy atom. The molecule has 1 aliphatic heterocycles. The monoisotopic (exact) mass is 441 g/mol. The molecular formula is C22H13Cl2NO5. The molecule has 8 heteroatoms. The third-order valence-corrected chi connectivity index (χ3v) is 4.89. The van der Waals surface area contributed by atoms with E-state index in [9.17, 15) is 14.4 Å². The molecule has 0 atom stereocenters. The molecule has 2 amide bonds. The van der Waals surface area contributed by atoms with Crippen molar-refractivity contribution in [1.29, 1.82) is 0 Å². The minimum atomic E-state index is -0.644. The number of amides is 2. The first kappa shape index (κ1) is 19.9. The number of carbonyl (C=O) groups is 3. The van der Waals surface area contributed by atoms with Gasteiger partial charge in [-0.3, -0.25) is 9.59 Å². The molecule has 3 aromatic rings.